The molecule has 3 aromatic carbocycles. The van der Waals surface area contributed by atoms with E-state index in [2.05, 4.69) is 41.8 Å². The van der Waals surface area contributed by atoms with Gasteiger partial charge in [0.25, 0.3) is 5.91 Å². The van der Waals surface area contributed by atoms with Gasteiger partial charge in [0.1, 0.15) is 65.9 Å². The van der Waals surface area contributed by atoms with Crippen molar-refractivity contribution in [3.63, 3.8) is 0 Å². The summed E-state index contributed by atoms with van der Waals surface area (Å²) < 4.78 is 16.4. The van der Waals surface area contributed by atoms with Gasteiger partial charge in [-0.1, -0.05) is 60.7 Å². The number of halogens is 3. The topological polar surface area (TPSA) is 440 Å². The molecule has 0 bridgehead atoms. The lowest BCUT2D eigenvalue weighted by atomic mass is 9.98. The number of rotatable bonds is 20. The number of nitrogens with zero attached hydrogens (tertiary/aromatic N) is 5. The standard InChI is InChI=1S/C61H77N11O18S.3ClH/c1-4-88-21-22-89-40-13-10-35(11-14-40)34-6-8-36(9-7-34)58-69-70-59(91-58)41-15-12-37(27-63-41)53(81)65-42-25-38(75)28-64-57(85)51-52(80)31(2)29-72(51)61(87)50(45(78)17-18-62)68-56(84)49(46(79)23-33-5-16-44(77)47(24-33)90-20-19-73)67-55(83)43-26-39(76)30-71(43)60(86)48(32(3)74)66-54(42)82;;;/h5-16,24,27,31-32,38-39,42-43,45-46,48-52,73-80H,4,17-23,25-26,28-30,62H2,1-3H3,(H,64,85)(H,65,81)(H,66,82)(H,67,83)(H,68,84);3*1H/t31-,32+,38+,39+,42-,43-,45+,46+,48-,49-,50-,51-,52-;;;/m0.../s1. The number of aromatic hydroxyl groups is 1. The van der Waals surface area contributed by atoms with Crippen molar-refractivity contribution in [2.45, 2.75) is 119 Å². The quantitative estimate of drug-likeness (QED) is 0.0415. The number of fused-ring (bicyclic) bond motifs is 2. The van der Waals surface area contributed by atoms with Crippen molar-refractivity contribution >= 4 is 89.9 Å². The molecule has 94 heavy (non-hydrogen) atoms. The van der Waals surface area contributed by atoms with Crippen molar-refractivity contribution in [3.8, 4) is 49.6 Å². The van der Waals surface area contributed by atoms with Crippen LogP contribution in [0.1, 0.15) is 56.0 Å². The van der Waals surface area contributed by atoms with Gasteiger partial charge in [-0.15, -0.1) is 47.4 Å². The number of aromatic nitrogens is 3. The number of hydrogen-bond donors (Lipinski definition) is 14. The molecule has 3 aliphatic rings. The number of pyridine rings is 1. The Hall–Kier alpha value is -7.43. The fourth-order valence-electron chi connectivity index (χ4n) is 10.8. The number of phenols is 1. The monoisotopic (exact) mass is 1390 g/mol. The summed E-state index contributed by atoms with van der Waals surface area (Å²) in [5, 5.41) is 110. The molecular formula is C61H80Cl3N11O18S. The van der Waals surface area contributed by atoms with E-state index in [1.54, 1.807) is 0 Å². The maximum Gasteiger partial charge on any atom is 0.253 e. The molecule has 0 spiro atoms. The van der Waals surface area contributed by atoms with Crippen molar-refractivity contribution < 1.29 is 88.6 Å². The molecule has 7 amide bonds. The fraction of sp³-hybridized carbons (Fsp3) is 0.475. The minimum absolute atomic E-state index is 0. The van der Waals surface area contributed by atoms with E-state index in [1.807, 2.05) is 55.5 Å². The Morgan fingerprint density at radius 2 is 1.38 bits per heavy atom. The van der Waals surface area contributed by atoms with Crippen molar-refractivity contribution in [1.29, 1.82) is 0 Å². The Labute approximate surface area is 563 Å². The molecule has 15 N–H and O–H groups in total. The zero-order valence-electron chi connectivity index (χ0n) is 51.4. The van der Waals surface area contributed by atoms with Crippen LogP contribution in [0.3, 0.4) is 0 Å². The fourth-order valence-corrected chi connectivity index (χ4v) is 11.6. The Morgan fingerprint density at radius 3 is 2.03 bits per heavy atom. The van der Waals surface area contributed by atoms with E-state index in [9.17, 15) is 74.4 Å². The van der Waals surface area contributed by atoms with Crippen molar-refractivity contribution in [3.05, 3.63) is 96.2 Å². The molecule has 3 saturated heterocycles. The number of phenolic OH excluding ortho intramolecular Hbond substituents is 1. The number of aliphatic hydroxyl groups is 7. The van der Waals surface area contributed by atoms with E-state index in [0.29, 0.717) is 35.5 Å². The normalized spacial score (nSPS) is 24.0. The lowest BCUT2D eigenvalue weighted by Gasteiger charge is -2.34. The number of benzene rings is 3. The summed E-state index contributed by atoms with van der Waals surface area (Å²) >= 11 is 1.24. The molecule has 0 radical (unpaired) electrons. The number of nitrogens with two attached hydrogens (primary N) is 1. The molecule has 33 heteroatoms. The molecule has 514 valence electrons. The van der Waals surface area contributed by atoms with E-state index < -0.39 is 159 Å². The molecule has 0 saturated carbocycles. The van der Waals surface area contributed by atoms with Crippen LogP contribution >= 0.6 is 48.6 Å². The summed E-state index contributed by atoms with van der Waals surface area (Å²) in [5.74, 6) is -8.31. The molecule has 2 aromatic heterocycles. The van der Waals surface area contributed by atoms with Gasteiger partial charge >= 0.3 is 0 Å². The zero-order valence-corrected chi connectivity index (χ0v) is 54.7. The van der Waals surface area contributed by atoms with Crippen LogP contribution in [-0.2, 0) is 39.9 Å². The maximum absolute atomic E-state index is 14.7. The summed E-state index contributed by atoms with van der Waals surface area (Å²) in [5.41, 5.74) is 8.97. The average molecular weight is 1390 g/mol. The van der Waals surface area contributed by atoms with Gasteiger partial charge in [0, 0.05) is 63.2 Å². The number of amides is 7. The molecule has 5 heterocycles. The number of aliphatic hydroxyl groups excluding tert-OH is 7. The van der Waals surface area contributed by atoms with Gasteiger partial charge in [-0.2, -0.15) is 0 Å². The molecule has 3 fully saturated rings. The van der Waals surface area contributed by atoms with E-state index in [4.69, 9.17) is 19.9 Å². The highest BCUT2D eigenvalue weighted by Crippen LogP contribution is 2.33. The van der Waals surface area contributed by atoms with Crippen molar-refractivity contribution in [1.82, 2.24) is 51.6 Å². The lowest BCUT2D eigenvalue weighted by Crippen LogP contribution is -2.64. The first-order chi connectivity index (χ1) is 43.6. The Morgan fingerprint density at radius 1 is 0.734 bits per heavy atom. The maximum atomic E-state index is 14.7. The molecule has 3 aliphatic heterocycles. The Kier molecular flexibility index (Phi) is 29.5. The first kappa shape index (κ1) is 77.3. The van der Waals surface area contributed by atoms with Crippen LogP contribution in [0, 0.1) is 5.92 Å². The van der Waals surface area contributed by atoms with Crippen LogP contribution in [0.25, 0.3) is 32.4 Å². The van der Waals surface area contributed by atoms with Gasteiger partial charge in [0.15, 0.2) is 16.5 Å². The summed E-state index contributed by atoms with van der Waals surface area (Å²) in [6.45, 7) is 3.69. The summed E-state index contributed by atoms with van der Waals surface area (Å²) in [6, 6.07) is 11.0. The van der Waals surface area contributed by atoms with Crippen LogP contribution in [0.4, 0.5) is 0 Å². The number of ether oxygens (including phenoxy) is 3. The van der Waals surface area contributed by atoms with E-state index in [0.717, 1.165) is 39.2 Å². The third kappa shape index (κ3) is 19.4. The van der Waals surface area contributed by atoms with Crippen LogP contribution in [0.15, 0.2) is 85.1 Å². The van der Waals surface area contributed by atoms with Gasteiger partial charge in [0.2, 0.25) is 35.4 Å². The molecule has 29 nitrogen and oxygen atoms in total. The van der Waals surface area contributed by atoms with Gasteiger partial charge in [-0.25, -0.2) is 0 Å². The minimum Gasteiger partial charge on any atom is -0.504 e. The van der Waals surface area contributed by atoms with Crippen LogP contribution in [0.2, 0.25) is 0 Å². The molecule has 5 aromatic rings. The predicted octanol–water partition coefficient (Wildman–Crippen LogP) is -1.01. The highest BCUT2D eigenvalue weighted by Gasteiger charge is 2.50. The largest absolute Gasteiger partial charge is 0.504 e. The second kappa shape index (κ2) is 35.9. The van der Waals surface area contributed by atoms with Gasteiger partial charge in [0.05, 0.1) is 55.4 Å². The molecule has 0 aliphatic carbocycles. The van der Waals surface area contributed by atoms with E-state index in [-0.39, 0.29) is 86.0 Å². The third-order valence-corrected chi connectivity index (χ3v) is 16.7. The number of carbonyl (C=O) groups is 7. The third-order valence-electron chi connectivity index (χ3n) is 15.7. The number of hydrogen-bond acceptors (Lipinski definition) is 23. The highest BCUT2D eigenvalue weighted by molar-refractivity contribution is 7.17. The lowest BCUT2D eigenvalue weighted by molar-refractivity contribution is -0.147. The minimum atomic E-state index is -2.07. The summed E-state index contributed by atoms with van der Waals surface area (Å²) in [6.07, 6.45) is -10.9. The zero-order chi connectivity index (χ0) is 65.6. The van der Waals surface area contributed by atoms with Crippen molar-refractivity contribution in [2.75, 3.05) is 59.2 Å². The average Bonchev–Trinajstić information content (AvgIpc) is 1.62. The van der Waals surface area contributed by atoms with Crippen LogP contribution in [-0.4, -0.2) is 239 Å². The Balaban J connectivity index is 0.00000534. The molecular weight excluding hydrogens is 1310 g/mol. The second-order valence-electron chi connectivity index (χ2n) is 22.4. The second-order valence-corrected chi connectivity index (χ2v) is 23.4. The Bertz CT molecular complexity index is 3350. The smallest absolute Gasteiger partial charge is 0.253 e. The first-order valence-electron chi connectivity index (χ1n) is 29.7. The van der Waals surface area contributed by atoms with E-state index in [1.165, 1.54) is 54.8 Å². The molecule has 13 atom stereocenters. The SMILES string of the molecule is CCOCCOc1ccc(-c2ccc(-c3nnc(-c4ccc(C(=O)N[C@H]5C[C@@H](O)CNC(=O)[C@@H]6[C@@H](O)[C@@H](C)CN6C(=O)[C@H]([C@H](O)CCN)NC(=O)[C@H]([C@H](O)Cc6ccc(O)c(OCCO)c6)NC(=O)[C@@H]6C[C@@H](O)CN6C(=O)[C@H]([C@@H](C)O)NC5=O)cn4)s3)cc2)cc1.Cl.Cl.Cl. The summed E-state index contributed by atoms with van der Waals surface area (Å²) in [4.78, 5) is 107. The predicted molar refractivity (Wildman–Crippen MR) is 347 cm³/mol. The molecule has 0 unspecified atom stereocenters. The number of nitrogens with one attached hydrogen (secondary N) is 5. The van der Waals surface area contributed by atoms with Crippen molar-refractivity contribution in [2.24, 2.45) is 11.7 Å². The van der Waals surface area contributed by atoms with Gasteiger partial charge in [-0.05, 0) is 79.9 Å². The molecule has 8 rings (SSSR count). The summed E-state index contributed by atoms with van der Waals surface area (Å²) in [7, 11) is 0. The first-order valence-corrected chi connectivity index (χ1v) is 30.6. The van der Waals surface area contributed by atoms with Gasteiger partial charge < -0.3 is 97.2 Å². The number of β-amino-alcohol motifs (C(OH)–C–C–N with tert-alkyl or cyclic N) is 1. The highest BCUT2D eigenvalue weighted by atomic mass is 35.5. The number of carbonyl (C=O) groups excluding carboxylic acids is 7. The van der Waals surface area contributed by atoms with E-state index >= 15 is 0 Å². The van der Waals surface area contributed by atoms with Crippen LogP contribution < -0.4 is 41.8 Å². The van der Waals surface area contributed by atoms with Gasteiger partial charge in [-0.3, -0.25) is 38.5 Å². The van der Waals surface area contributed by atoms with Crippen LogP contribution in [0.5, 0.6) is 17.2 Å².